The largest absolute Gasteiger partial charge is 0.392 e. The van der Waals surface area contributed by atoms with E-state index < -0.39 is 0 Å². The highest BCUT2D eigenvalue weighted by molar-refractivity contribution is 6.30. The number of carbonyl (C=O) groups excluding carboxylic acids is 1. The standard InChI is InChI=1S/C14H20ClNO2.C2H6/c1-10(17)9-16-8-7-14(11(2)18)12-3-5-13(15)6-4-12;1-2/h3-6,10,14,16-17H,7-9H2,1-2H3;1-2H3. The van der Waals surface area contributed by atoms with Crippen LogP contribution in [0.1, 0.15) is 45.6 Å². The molecule has 4 heteroatoms. The maximum atomic E-state index is 11.6. The zero-order valence-electron chi connectivity index (χ0n) is 12.8. The molecule has 1 rings (SSSR count). The Morgan fingerprint density at radius 1 is 1.30 bits per heavy atom. The molecule has 0 aliphatic rings. The summed E-state index contributed by atoms with van der Waals surface area (Å²) in [7, 11) is 0. The molecule has 0 saturated carbocycles. The zero-order valence-corrected chi connectivity index (χ0v) is 13.6. The fourth-order valence-electron chi connectivity index (χ4n) is 1.86. The average molecular weight is 300 g/mol. The highest BCUT2D eigenvalue weighted by Crippen LogP contribution is 2.22. The SMILES string of the molecule is CC.CC(=O)C(CCNCC(C)O)c1ccc(Cl)cc1. The van der Waals surface area contributed by atoms with Gasteiger partial charge >= 0.3 is 0 Å². The van der Waals surface area contributed by atoms with Crippen LogP contribution in [-0.2, 0) is 4.79 Å². The summed E-state index contributed by atoms with van der Waals surface area (Å²) in [5.41, 5.74) is 0.991. The molecule has 0 heterocycles. The molecule has 1 aromatic carbocycles. The van der Waals surface area contributed by atoms with Crippen molar-refractivity contribution in [3.63, 3.8) is 0 Å². The summed E-state index contributed by atoms with van der Waals surface area (Å²) < 4.78 is 0. The summed E-state index contributed by atoms with van der Waals surface area (Å²) in [5.74, 6) is 0.0416. The van der Waals surface area contributed by atoms with Gasteiger partial charge in [-0.2, -0.15) is 0 Å². The molecule has 0 fully saturated rings. The second-order valence-electron chi connectivity index (χ2n) is 4.56. The average Bonchev–Trinajstić information content (AvgIpc) is 2.42. The second kappa shape index (κ2) is 10.8. The van der Waals surface area contributed by atoms with Crippen LogP contribution in [0.4, 0.5) is 0 Å². The molecule has 1 aromatic rings. The van der Waals surface area contributed by atoms with Crippen LogP contribution < -0.4 is 5.32 Å². The van der Waals surface area contributed by atoms with Gasteiger partial charge in [-0.15, -0.1) is 0 Å². The van der Waals surface area contributed by atoms with Crippen LogP contribution in [0.25, 0.3) is 0 Å². The number of aliphatic hydroxyl groups is 1. The number of ketones is 1. The van der Waals surface area contributed by atoms with Crippen LogP contribution in [0.15, 0.2) is 24.3 Å². The molecule has 0 radical (unpaired) electrons. The van der Waals surface area contributed by atoms with Gasteiger partial charge in [0.05, 0.1) is 6.10 Å². The fourth-order valence-corrected chi connectivity index (χ4v) is 1.98. The van der Waals surface area contributed by atoms with Gasteiger partial charge in [0.15, 0.2) is 0 Å². The summed E-state index contributed by atoms with van der Waals surface area (Å²) in [6.45, 7) is 8.59. The predicted octanol–water partition coefficient (Wildman–Crippen LogP) is 3.40. The summed E-state index contributed by atoms with van der Waals surface area (Å²) in [6.07, 6.45) is 0.361. The van der Waals surface area contributed by atoms with E-state index in [1.165, 1.54) is 0 Å². The van der Waals surface area contributed by atoms with Crippen LogP contribution in [0.5, 0.6) is 0 Å². The van der Waals surface area contributed by atoms with Crippen LogP contribution in [-0.4, -0.2) is 30.1 Å². The Morgan fingerprint density at radius 2 is 1.85 bits per heavy atom. The van der Waals surface area contributed by atoms with E-state index in [1.54, 1.807) is 26.0 Å². The molecular formula is C16H26ClNO2. The quantitative estimate of drug-likeness (QED) is 0.759. The van der Waals surface area contributed by atoms with Crippen molar-refractivity contribution in [3.8, 4) is 0 Å². The van der Waals surface area contributed by atoms with E-state index in [9.17, 15) is 4.79 Å². The second-order valence-corrected chi connectivity index (χ2v) is 4.99. The predicted molar refractivity (Wildman–Crippen MR) is 85.4 cm³/mol. The molecule has 0 aliphatic heterocycles. The topological polar surface area (TPSA) is 49.3 Å². The third-order valence-corrected chi connectivity index (χ3v) is 3.06. The lowest BCUT2D eigenvalue weighted by Gasteiger charge is -2.15. The highest BCUT2D eigenvalue weighted by atomic mass is 35.5. The maximum absolute atomic E-state index is 11.6. The number of hydrogen-bond donors (Lipinski definition) is 2. The van der Waals surface area contributed by atoms with Crippen molar-refractivity contribution in [1.82, 2.24) is 5.32 Å². The molecule has 20 heavy (non-hydrogen) atoms. The zero-order chi connectivity index (χ0) is 15.5. The van der Waals surface area contributed by atoms with E-state index in [4.69, 9.17) is 16.7 Å². The first-order chi connectivity index (χ1) is 9.50. The Bertz CT molecular complexity index is 377. The number of halogens is 1. The van der Waals surface area contributed by atoms with E-state index in [0.717, 1.165) is 12.0 Å². The lowest BCUT2D eigenvalue weighted by molar-refractivity contribution is -0.118. The number of aliphatic hydroxyl groups excluding tert-OH is 1. The molecular weight excluding hydrogens is 274 g/mol. The lowest BCUT2D eigenvalue weighted by atomic mass is 9.92. The van der Waals surface area contributed by atoms with E-state index in [0.29, 0.717) is 18.1 Å². The molecule has 2 atom stereocenters. The van der Waals surface area contributed by atoms with Crippen molar-refractivity contribution >= 4 is 17.4 Å². The van der Waals surface area contributed by atoms with E-state index in [2.05, 4.69) is 5.32 Å². The van der Waals surface area contributed by atoms with Gasteiger partial charge in [0.2, 0.25) is 0 Å². The molecule has 2 N–H and O–H groups in total. The van der Waals surface area contributed by atoms with Gasteiger partial charge in [-0.25, -0.2) is 0 Å². The van der Waals surface area contributed by atoms with Crippen LogP contribution in [0.2, 0.25) is 5.02 Å². The minimum atomic E-state index is -0.365. The third-order valence-electron chi connectivity index (χ3n) is 2.81. The highest BCUT2D eigenvalue weighted by Gasteiger charge is 2.16. The summed E-state index contributed by atoms with van der Waals surface area (Å²) >= 11 is 5.83. The fraction of sp³-hybridized carbons (Fsp3) is 0.562. The first-order valence-electron chi connectivity index (χ1n) is 7.15. The van der Waals surface area contributed by atoms with Crippen LogP contribution in [0, 0.1) is 0 Å². The van der Waals surface area contributed by atoms with Crippen molar-refractivity contribution in [2.24, 2.45) is 0 Å². The van der Waals surface area contributed by atoms with Gasteiger partial charge in [-0.05, 0) is 44.5 Å². The number of benzene rings is 1. The van der Waals surface area contributed by atoms with E-state index >= 15 is 0 Å². The summed E-state index contributed by atoms with van der Waals surface area (Å²) in [4.78, 5) is 11.6. The summed E-state index contributed by atoms with van der Waals surface area (Å²) in [5, 5.41) is 12.9. The van der Waals surface area contributed by atoms with Crippen molar-refractivity contribution in [2.45, 2.75) is 46.1 Å². The third kappa shape index (κ3) is 7.63. The van der Waals surface area contributed by atoms with Crippen molar-refractivity contribution < 1.29 is 9.90 Å². The Hall–Kier alpha value is -0.900. The lowest BCUT2D eigenvalue weighted by Crippen LogP contribution is -2.27. The van der Waals surface area contributed by atoms with Crippen molar-refractivity contribution in [1.29, 1.82) is 0 Å². The van der Waals surface area contributed by atoms with Crippen LogP contribution >= 0.6 is 11.6 Å². The van der Waals surface area contributed by atoms with Gasteiger partial charge in [-0.3, -0.25) is 4.79 Å². The minimum absolute atomic E-state index is 0.108. The number of nitrogens with one attached hydrogen (secondary N) is 1. The maximum Gasteiger partial charge on any atom is 0.137 e. The molecule has 114 valence electrons. The number of rotatable bonds is 7. The Morgan fingerprint density at radius 3 is 2.30 bits per heavy atom. The molecule has 0 amide bonds. The molecule has 0 spiro atoms. The molecule has 0 aromatic heterocycles. The van der Waals surface area contributed by atoms with Gasteiger partial charge in [0.1, 0.15) is 5.78 Å². The molecule has 0 saturated heterocycles. The number of hydrogen-bond acceptors (Lipinski definition) is 3. The Kier molecular flexibility index (Phi) is 10.3. The van der Waals surface area contributed by atoms with Crippen LogP contribution in [0.3, 0.4) is 0 Å². The number of Topliss-reactive ketones (excluding diaryl/α,β-unsaturated/α-hetero) is 1. The number of carbonyl (C=O) groups is 1. The van der Waals surface area contributed by atoms with Gasteiger partial charge in [0.25, 0.3) is 0 Å². The molecule has 0 bridgehead atoms. The normalized spacial score (nSPS) is 13.1. The molecule has 2 unspecified atom stereocenters. The van der Waals surface area contributed by atoms with Gasteiger partial charge in [-0.1, -0.05) is 37.6 Å². The van der Waals surface area contributed by atoms with Gasteiger partial charge in [0, 0.05) is 17.5 Å². The first kappa shape index (κ1) is 19.1. The Balaban J connectivity index is 0.00000172. The van der Waals surface area contributed by atoms with E-state index in [-0.39, 0.29) is 17.8 Å². The Labute approximate surface area is 127 Å². The van der Waals surface area contributed by atoms with Gasteiger partial charge < -0.3 is 10.4 Å². The van der Waals surface area contributed by atoms with E-state index in [1.807, 2.05) is 26.0 Å². The summed E-state index contributed by atoms with van der Waals surface area (Å²) in [6, 6.07) is 7.39. The van der Waals surface area contributed by atoms with Crippen molar-refractivity contribution in [3.05, 3.63) is 34.9 Å². The first-order valence-corrected chi connectivity index (χ1v) is 7.53. The monoisotopic (exact) mass is 299 g/mol. The van der Waals surface area contributed by atoms with Crippen molar-refractivity contribution in [2.75, 3.05) is 13.1 Å². The smallest absolute Gasteiger partial charge is 0.137 e. The molecule has 0 aliphatic carbocycles. The minimum Gasteiger partial charge on any atom is -0.392 e. The molecule has 3 nitrogen and oxygen atoms in total.